The Hall–Kier alpha value is -1.07. The quantitative estimate of drug-likeness (QED) is 0.477. The van der Waals surface area contributed by atoms with Crippen molar-refractivity contribution in [1.82, 2.24) is 10.2 Å². The van der Waals surface area contributed by atoms with Gasteiger partial charge in [-0.05, 0) is 37.8 Å². The highest BCUT2D eigenvalue weighted by atomic mass is 32.1. The Morgan fingerprint density at radius 3 is 2.90 bits per heavy atom. The second-order valence-corrected chi connectivity index (χ2v) is 6.73. The van der Waals surface area contributed by atoms with Crippen molar-refractivity contribution in [3.63, 3.8) is 0 Å². The first-order valence-electron chi connectivity index (χ1n) is 7.24. The van der Waals surface area contributed by atoms with Crippen LogP contribution in [0.15, 0.2) is 17.1 Å². The van der Waals surface area contributed by atoms with Crippen LogP contribution in [-0.2, 0) is 11.3 Å². The summed E-state index contributed by atoms with van der Waals surface area (Å²) in [6, 6.07) is 4.32. The van der Waals surface area contributed by atoms with Crippen molar-refractivity contribution in [2.24, 2.45) is 10.9 Å². The first kappa shape index (κ1) is 15.3. The number of thiophene rings is 1. The number of nitrogens with one attached hydrogen (secondary N) is 1. The van der Waals surface area contributed by atoms with Gasteiger partial charge in [0.2, 0.25) is 0 Å². The molecule has 0 atom stereocenters. The third-order valence-electron chi connectivity index (χ3n) is 3.41. The molecule has 0 amide bonds. The predicted molar refractivity (Wildman–Crippen MR) is 85.4 cm³/mol. The summed E-state index contributed by atoms with van der Waals surface area (Å²) in [6.45, 7) is 5.53. The molecule has 20 heavy (non-hydrogen) atoms. The normalized spacial score (nSPS) is 15.4. The van der Waals surface area contributed by atoms with Crippen LogP contribution in [0.4, 0.5) is 0 Å². The number of guanidine groups is 1. The van der Waals surface area contributed by atoms with Crippen molar-refractivity contribution >= 4 is 17.3 Å². The first-order valence-corrected chi connectivity index (χ1v) is 8.05. The first-order chi connectivity index (χ1) is 9.69. The van der Waals surface area contributed by atoms with Gasteiger partial charge in [-0.15, -0.1) is 11.3 Å². The summed E-state index contributed by atoms with van der Waals surface area (Å²) in [6.07, 6.45) is 2.69. The Balaban J connectivity index is 1.66. The Labute approximate surface area is 125 Å². The second kappa shape index (κ2) is 7.64. The third kappa shape index (κ3) is 5.13. The molecular formula is C15H25N3OS. The maximum atomic E-state index is 5.67. The minimum absolute atomic E-state index is 0.770. The average Bonchev–Trinajstić information content (AvgIpc) is 3.17. The van der Waals surface area contributed by atoms with Crippen molar-refractivity contribution in [2.45, 2.75) is 26.3 Å². The summed E-state index contributed by atoms with van der Waals surface area (Å²) >= 11 is 1.82. The molecule has 2 rings (SSSR count). The van der Waals surface area contributed by atoms with Crippen LogP contribution in [0.1, 0.15) is 22.6 Å². The molecule has 4 nitrogen and oxygen atoms in total. The molecule has 1 aliphatic carbocycles. The fourth-order valence-electron chi connectivity index (χ4n) is 1.97. The van der Waals surface area contributed by atoms with Crippen LogP contribution in [0.25, 0.3) is 0 Å². The molecule has 0 unspecified atom stereocenters. The number of ether oxygens (including phenoxy) is 1. The molecule has 5 heteroatoms. The molecule has 1 N–H and O–H groups in total. The van der Waals surface area contributed by atoms with Gasteiger partial charge in [0.25, 0.3) is 0 Å². The number of rotatable bonds is 7. The highest BCUT2D eigenvalue weighted by Crippen LogP contribution is 2.28. The fraction of sp³-hybridized carbons (Fsp3) is 0.667. The zero-order valence-electron chi connectivity index (χ0n) is 12.7. The highest BCUT2D eigenvalue weighted by Gasteiger charge is 2.21. The Morgan fingerprint density at radius 2 is 2.30 bits per heavy atom. The summed E-state index contributed by atoms with van der Waals surface area (Å²) in [5.41, 5.74) is 0. The summed E-state index contributed by atoms with van der Waals surface area (Å²) in [5.74, 6) is 1.76. The van der Waals surface area contributed by atoms with Crippen LogP contribution < -0.4 is 5.32 Å². The zero-order valence-corrected chi connectivity index (χ0v) is 13.5. The Bertz CT molecular complexity index is 440. The van der Waals surface area contributed by atoms with Crippen LogP contribution in [-0.4, -0.2) is 44.7 Å². The van der Waals surface area contributed by atoms with Crippen molar-refractivity contribution in [1.29, 1.82) is 0 Å². The van der Waals surface area contributed by atoms with E-state index in [-0.39, 0.29) is 0 Å². The van der Waals surface area contributed by atoms with Crippen LogP contribution >= 0.6 is 11.3 Å². The monoisotopic (exact) mass is 295 g/mol. The fourth-order valence-corrected chi connectivity index (χ4v) is 2.80. The predicted octanol–water partition coefficient (Wildman–Crippen LogP) is 2.49. The van der Waals surface area contributed by atoms with Gasteiger partial charge in [0.05, 0.1) is 13.2 Å². The van der Waals surface area contributed by atoms with Gasteiger partial charge in [-0.2, -0.15) is 0 Å². The highest BCUT2D eigenvalue weighted by molar-refractivity contribution is 7.11. The molecule has 1 fully saturated rings. The smallest absolute Gasteiger partial charge is 0.193 e. The number of aliphatic imine (C=N–C) groups is 1. The minimum atomic E-state index is 0.770. The number of hydrogen-bond acceptors (Lipinski definition) is 3. The number of nitrogens with zero attached hydrogens (tertiary/aromatic N) is 2. The van der Waals surface area contributed by atoms with E-state index >= 15 is 0 Å². The molecule has 1 aromatic heterocycles. The van der Waals surface area contributed by atoms with Crippen LogP contribution in [0, 0.1) is 12.8 Å². The van der Waals surface area contributed by atoms with Crippen molar-refractivity contribution in [3.8, 4) is 0 Å². The van der Waals surface area contributed by atoms with Crippen molar-refractivity contribution < 1.29 is 4.74 Å². The van der Waals surface area contributed by atoms with E-state index in [4.69, 9.17) is 4.74 Å². The largest absolute Gasteiger partial charge is 0.379 e. The maximum Gasteiger partial charge on any atom is 0.193 e. The lowest BCUT2D eigenvalue weighted by atomic mass is 10.4. The van der Waals surface area contributed by atoms with E-state index < -0.39 is 0 Å². The topological polar surface area (TPSA) is 36.9 Å². The molecule has 1 aliphatic rings. The molecular weight excluding hydrogens is 270 g/mol. The third-order valence-corrected chi connectivity index (χ3v) is 4.41. The van der Waals surface area contributed by atoms with Gasteiger partial charge in [0, 0.05) is 37.0 Å². The van der Waals surface area contributed by atoms with Gasteiger partial charge in [-0.3, -0.25) is 4.99 Å². The van der Waals surface area contributed by atoms with E-state index in [1.54, 1.807) is 0 Å². The van der Waals surface area contributed by atoms with Gasteiger partial charge in [-0.25, -0.2) is 0 Å². The molecule has 0 radical (unpaired) electrons. The van der Waals surface area contributed by atoms with E-state index in [1.165, 1.54) is 22.6 Å². The second-order valence-electron chi connectivity index (χ2n) is 5.35. The van der Waals surface area contributed by atoms with E-state index in [9.17, 15) is 0 Å². The van der Waals surface area contributed by atoms with Gasteiger partial charge in [-0.1, -0.05) is 0 Å². The van der Waals surface area contributed by atoms with E-state index in [2.05, 4.69) is 41.3 Å². The summed E-state index contributed by atoms with van der Waals surface area (Å²) in [7, 11) is 3.87. The Morgan fingerprint density at radius 1 is 1.50 bits per heavy atom. The van der Waals surface area contributed by atoms with Crippen LogP contribution in [0.3, 0.4) is 0 Å². The SMILES string of the molecule is CN=C(NCc1ccc(C)s1)N(C)CCOCC1CC1. The lowest BCUT2D eigenvalue weighted by Gasteiger charge is -2.21. The Kier molecular flexibility index (Phi) is 5.86. The van der Waals surface area contributed by atoms with Crippen molar-refractivity contribution in [3.05, 3.63) is 21.9 Å². The maximum absolute atomic E-state index is 5.67. The summed E-state index contributed by atoms with van der Waals surface area (Å²) in [4.78, 5) is 9.12. The van der Waals surface area contributed by atoms with Gasteiger partial charge in [0.15, 0.2) is 5.96 Å². The van der Waals surface area contributed by atoms with E-state index in [0.29, 0.717) is 0 Å². The van der Waals surface area contributed by atoms with Gasteiger partial charge in [0.1, 0.15) is 0 Å². The molecule has 1 saturated carbocycles. The lowest BCUT2D eigenvalue weighted by molar-refractivity contribution is 0.115. The molecule has 1 aromatic rings. The van der Waals surface area contributed by atoms with E-state index in [0.717, 1.165) is 38.2 Å². The van der Waals surface area contributed by atoms with Gasteiger partial charge < -0.3 is 15.0 Å². The lowest BCUT2D eigenvalue weighted by Crippen LogP contribution is -2.40. The molecule has 1 heterocycles. The summed E-state index contributed by atoms with van der Waals surface area (Å²) in [5, 5.41) is 3.39. The standard InChI is InChI=1S/C15H25N3OS/c1-12-4-7-14(20-12)10-17-15(16-2)18(3)8-9-19-11-13-5-6-13/h4,7,13H,5-6,8-11H2,1-3H3,(H,16,17). The minimum Gasteiger partial charge on any atom is -0.379 e. The van der Waals surface area contributed by atoms with Crippen molar-refractivity contribution in [2.75, 3.05) is 33.9 Å². The number of hydrogen-bond donors (Lipinski definition) is 1. The number of aryl methyl sites for hydroxylation is 1. The molecule has 0 bridgehead atoms. The van der Waals surface area contributed by atoms with E-state index in [1.807, 2.05) is 18.4 Å². The molecule has 0 aliphatic heterocycles. The van der Waals surface area contributed by atoms with Crippen LogP contribution in [0.2, 0.25) is 0 Å². The molecule has 0 saturated heterocycles. The van der Waals surface area contributed by atoms with Crippen LogP contribution in [0.5, 0.6) is 0 Å². The molecule has 0 aromatic carbocycles. The summed E-state index contributed by atoms with van der Waals surface area (Å²) < 4.78 is 5.67. The van der Waals surface area contributed by atoms with Gasteiger partial charge >= 0.3 is 0 Å². The molecule has 112 valence electrons. The zero-order chi connectivity index (χ0) is 14.4. The average molecular weight is 295 g/mol. The molecule has 0 spiro atoms. The number of likely N-dealkylation sites (N-methyl/N-ethyl adjacent to an activating group) is 1.